The molecule has 0 radical (unpaired) electrons. The molecular weight excluding hydrogens is 457 g/mol. The Morgan fingerprint density at radius 3 is 2.00 bits per heavy atom. The number of rotatable bonds is 8. The molecular formula is C21H23Cl2N5O2S. The zero-order valence-electron chi connectivity index (χ0n) is 17.4. The fourth-order valence-electron chi connectivity index (χ4n) is 2.90. The van der Waals surface area contributed by atoms with Crippen molar-refractivity contribution >= 4 is 56.4 Å². The summed E-state index contributed by atoms with van der Waals surface area (Å²) in [6.07, 6.45) is 0. The van der Waals surface area contributed by atoms with Gasteiger partial charge in [0.1, 0.15) is 5.69 Å². The van der Waals surface area contributed by atoms with E-state index >= 15 is 0 Å². The van der Waals surface area contributed by atoms with Gasteiger partial charge in [0.25, 0.3) is 10.0 Å². The summed E-state index contributed by atoms with van der Waals surface area (Å²) in [4.78, 5) is 11.2. The van der Waals surface area contributed by atoms with Crippen LogP contribution in [0.2, 0.25) is 10.0 Å². The summed E-state index contributed by atoms with van der Waals surface area (Å²) in [5, 5.41) is 4.23. The largest absolute Gasteiger partial charge is 0.341 e. The van der Waals surface area contributed by atoms with E-state index < -0.39 is 10.0 Å². The lowest BCUT2D eigenvalue weighted by molar-refractivity contribution is 0.601. The normalized spacial score (nSPS) is 11.3. The smallest absolute Gasteiger partial charge is 0.262 e. The van der Waals surface area contributed by atoms with Crippen LogP contribution in [-0.2, 0) is 10.0 Å². The first-order chi connectivity index (χ1) is 14.7. The van der Waals surface area contributed by atoms with Gasteiger partial charge in [-0.15, -0.1) is 0 Å². The third-order valence-corrected chi connectivity index (χ3v) is 6.46. The molecule has 0 saturated carbocycles. The highest BCUT2D eigenvalue weighted by Gasteiger charge is 2.21. The molecule has 0 aliphatic rings. The molecule has 0 atom stereocenters. The molecule has 0 saturated heterocycles. The van der Waals surface area contributed by atoms with E-state index in [1.54, 1.807) is 31.2 Å². The molecule has 2 aromatic carbocycles. The molecule has 3 aromatic rings. The van der Waals surface area contributed by atoms with Crippen LogP contribution >= 0.6 is 23.2 Å². The maximum absolute atomic E-state index is 13.0. The fourth-order valence-corrected chi connectivity index (χ4v) is 4.27. The molecule has 31 heavy (non-hydrogen) atoms. The van der Waals surface area contributed by atoms with Crippen LogP contribution in [0.3, 0.4) is 0 Å². The zero-order chi connectivity index (χ0) is 22.6. The van der Waals surface area contributed by atoms with Crippen LogP contribution in [-0.4, -0.2) is 31.5 Å². The summed E-state index contributed by atoms with van der Waals surface area (Å²) in [5.74, 6) is 0.850. The zero-order valence-corrected chi connectivity index (χ0v) is 19.7. The van der Waals surface area contributed by atoms with Crippen molar-refractivity contribution in [1.29, 1.82) is 0 Å². The molecule has 2 N–H and O–H groups in total. The van der Waals surface area contributed by atoms with E-state index in [9.17, 15) is 8.42 Å². The van der Waals surface area contributed by atoms with Gasteiger partial charge in [0, 0.05) is 28.8 Å². The van der Waals surface area contributed by atoms with E-state index in [2.05, 4.69) is 20.0 Å². The van der Waals surface area contributed by atoms with Gasteiger partial charge < -0.3 is 10.2 Å². The van der Waals surface area contributed by atoms with Gasteiger partial charge in [0.2, 0.25) is 5.95 Å². The van der Waals surface area contributed by atoms with Gasteiger partial charge in [0.05, 0.1) is 10.6 Å². The third-order valence-electron chi connectivity index (χ3n) is 4.59. The molecule has 164 valence electrons. The van der Waals surface area contributed by atoms with Gasteiger partial charge in [-0.2, -0.15) is 4.98 Å². The van der Waals surface area contributed by atoms with E-state index in [1.807, 2.05) is 18.7 Å². The Bertz CT molecular complexity index is 1150. The van der Waals surface area contributed by atoms with Crippen molar-refractivity contribution < 1.29 is 8.42 Å². The molecule has 0 amide bonds. The van der Waals surface area contributed by atoms with Gasteiger partial charge in [-0.05, 0) is 69.3 Å². The summed E-state index contributed by atoms with van der Waals surface area (Å²) < 4.78 is 28.6. The Kier molecular flexibility index (Phi) is 7.25. The van der Waals surface area contributed by atoms with Crippen molar-refractivity contribution in [2.45, 2.75) is 25.7 Å². The first-order valence-corrected chi connectivity index (χ1v) is 11.9. The van der Waals surface area contributed by atoms with Crippen molar-refractivity contribution in [2.75, 3.05) is 28.0 Å². The fraction of sp³-hybridized carbons (Fsp3) is 0.238. The number of nitrogens with zero attached hydrogens (tertiary/aromatic N) is 3. The van der Waals surface area contributed by atoms with Gasteiger partial charge in [-0.25, -0.2) is 13.4 Å². The van der Waals surface area contributed by atoms with Gasteiger partial charge >= 0.3 is 0 Å². The molecule has 0 bridgehead atoms. The molecule has 0 aliphatic carbocycles. The maximum atomic E-state index is 13.0. The molecule has 0 spiro atoms. The van der Waals surface area contributed by atoms with E-state index in [4.69, 9.17) is 23.2 Å². The summed E-state index contributed by atoms with van der Waals surface area (Å²) in [6.45, 7) is 7.18. The van der Waals surface area contributed by atoms with Crippen LogP contribution in [0, 0.1) is 6.92 Å². The highest BCUT2D eigenvalue weighted by molar-refractivity contribution is 7.92. The van der Waals surface area contributed by atoms with E-state index in [0.717, 1.165) is 0 Å². The third kappa shape index (κ3) is 5.58. The van der Waals surface area contributed by atoms with Crippen molar-refractivity contribution in [2.24, 2.45) is 0 Å². The molecule has 1 aromatic heterocycles. The van der Waals surface area contributed by atoms with Crippen molar-refractivity contribution in [1.82, 2.24) is 9.97 Å². The van der Waals surface area contributed by atoms with Crippen LogP contribution in [0.1, 0.15) is 19.5 Å². The minimum absolute atomic E-state index is 0.0848. The SMILES string of the molecule is CCN(CC)c1nc(C)c(NS(=O)(=O)c2ccc(Cl)cc2)c(Nc2ccc(Cl)cc2)n1. The van der Waals surface area contributed by atoms with Crippen molar-refractivity contribution in [3.8, 4) is 0 Å². The summed E-state index contributed by atoms with van der Waals surface area (Å²) in [6, 6.07) is 13.0. The first-order valence-electron chi connectivity index (χ1n) is 9.68. The average Bonchev–Trinajstić information content (AvgIpc) is 2.73. The number of anilines is 4. The molecule has 0 fully saturated rings. The number of nitrogens with one attached hydrogen (secondary N) is 2. The number of aromatic nitrogens is 2. The van der Waals surface area contributed by atoms with Crippen LogP contribution in [0.25, 0.3) is 0 Å². The Balaban J connectivity index is 2.06. The van der Waals surface area contributed by atoms with E-state index in [-0.39, 0.29) is 10.6 Å². The lowest BCUT2D eigenvalue weighted by Crippen LogP contribution is -2.25. The molecule has 1 heterocycles. The maximum Gasteiger partial charge on any atom is 0.262 e. The summed E-state index contributed by atoms with van der Waals surface area (Å²) in [7, 11) is -3.88. The average molecular weight is 480 g/mol. The van der Waals surface area contributed by atoms with Crippen LogP contribution in [0.15, 0.2) is 53.4 Å². The number of sulfonamides is 1. The topological polar surface area (TPSA) is 87.2 Å². The monoisotopic (exact) mass is 479 g/mol. The second-order valence-electron chi connectivity index (χ2n) is 6.70. The number of hydrogen-bond acceptors (Lipinski definition) is 6. The second kappa shape index (κ2) is 9.72. The first kappa shape index (κ1) is 23.1. The van der Waals surface area contributed by atoms with Gasteiger partial charge in [0.15, 0.2) is 5.82 Å². The molecule has 0 unspecified atom stereocenters. The minimum atomic E-state index is -3.88. The Morgan fingerprint density at radius 1 is 0.903 bits per heavy atom. The van der Waals surface area contributed by atoms with Gasteiger partial charge in [-0.3, -0.25) is 4.72 Å². The number of hydrogen-bond donors (Lipinski definition) is 2. The molecule has 7 nitrogen and oxygen atoms in total. The Labute approximate surface area is 192 Å². The van der Waals surface area contributed by atoms with Crippen LogP contribution in [0.5, 0.6) is 0 Å². The number of benzene rings is 2. The van der Waals surface area contributed by atoms with Crippen LogP contribution < -0.4 is 14.9 Å². The highest BCUT2D eigenvalue weighted by Crippen LogP contribution is 2.31. The predicted molar refractivity (Wildman–Crippen MR) is 127 cm³/mol. The molecule has 10 heteroatoms. The molecule has 0 aliphatic heterocycles. The van der Waals surface area contributed by atoms with Crippen molar-refractivity contribution in [3.63, 3.8) is 0 Å². The standard InChI is InChI=1S/C21H23Cl2N5O2S/c1-4-28(5-2)21-24-14(3)19(20(26-21)25-17-10-6-15(22)7-11-17)27-31(29,30)18-12-8-16(23)9-13-18/h6-13,27H,4-5H2,1-3H3,(H,24,25,26). The highest BCUT2D eigenvalue weighted by atomic mass is 35.5. The Hall–Kier alpha value is -2.55. The second-order valence-corrected chi connectivity index (χ2v) is 9.25. The van der Waals surface area contributed by atoms with E-state index in [1.165, 1.54) is 24.3 Å². The van der Waals surface area contributed by atoms with E-state index in [0.29, 0.717) is 46.3 Å². The Morgan fingerprint density at radius 2 is 1.45 bits per heavy atom. The van der Waals surface area contributed by atoms with Crippen molar-refractivity contribution in [3.05, 3.63) is 64.3 Å². The summed E-state index contributed by atoms with van der Waals surface area (Å²) in [5.41, 5.74) is 1.46. The number of aryl methyl sites for hydroxylation is 1. The minimum Gasteiger partial charge on any atom is -0.341 e. The quantitative estimate of drug-likeness (QED) is 0.444. The number of halogens is 2. The van der Waals surface area contributed by atoms with Gasteiger partial charge in [-0.1, -0.05) is 23.2 Å². The predicted octanol–water partition coefficient (Wildman–Crippen LogP) is 5.48. The lowest BCUT2D eigenvalue weighted by Gasteiger charge is -2.22. The molecule has 3 rings (SSSR count). The lowest BCUT2D eigenvalue weighted by atomic mass is 10.3. The van der Waals surface area contributed by atoms with Crippen LogP contribution in [0.4, 0.5) is 23.1 Å². The summed E-state index contributed by atoms with van der Waals surface area (Å²) >= 11 is 11.9.